The molecule has 0 aliphatic carbocycles. The zero-order chi connectivity index (χ0) is 17.5. The lowest BCUT2D eigenvalue weighted by molar-refractivity contribution is -0.149. The maximum Gasteiger partial charge on any atom is 0.344 e. The highest BCUT2D eigenvalue weighted by molar-refractivity contribution is 6.32. The quantitative estimate of drug-likeness (QED) is 0.808. The zero-order valence-corrected chi connectivity index (χ0v) is 13.0. The molecule has 5 nitrogen and oxygen atoms in total. The Morgan fingerprint density at radius 2 is 1.71 bits per heavy atom. The average Bonchev–Trinajstić information content (AvgIpc) is 2.51. The number of hydrogen-bond acceptors (Lipinski definition) is 4. The van der Waals surface area contributed by atoms with Crippen LogP contribution in [0.15, 0.2) is 42.5 Å². The van der Waals surface area contributed by atoms with Crippen LogP contribution >= 0.6 is 11.6 Å². The number of amides is 1. The summed E-state index contributed by atoms with van der Waals surface area (Å²) in [7, 11) is 0. The summed E-state index contributed by atoms with van der Waals surface area (Å²) in [6, 6.07) is 9.08. The third-order valence-electron chi connectivity index (χ3n) is 2.69. The number of esters is 1. The molecule has 0 saturated carbocycles. The number of benzene rings is 2. The fraction of sp³-hybridized carbons (Fsp3) is 0.125. The summed E-state index contributed by atoms with van der Waals surface area (Å²) in [5.74, 6) is -2.91. The van der Waals surface area contributed by atoms with Crippen molar-refractivity contribution in [2.75, 3.05) is 18.5 Å². The Bertz CT molecular complexity index is 734. The molecule has 0 radical (unpaired) electrons. The van der Waals surface area contributed by atoms with Crippen LogP contribution in [0.4, 0.5) is 14.5 Å². The predicted molar refractivity (Wildman–Crippen MR) is 82.9 cm³/mol. The Morgan fingerprint density at radius 3 is 2.38 bits per heavy atom. The number of rotatable bonds is 6. The van der Waals surface area contributed by atoms with Crippen molar-refractivity contribution in [3.63, 3.8) is 0 Å². The number of anilines is 1. The van der Waals surface area contributed by atoms with E-state index < -0.39 is 36.7 Å². The van der Waals surface area contributed by atoms with E-state index in [4.69, 9.17) is 21.1 Å². The lowest BCUT2D eigenvalue weighted by Crippen LogP contribution is -2.23. The van der Waals surface area contributed by atoms with Gasteiger partial charge in [-0.2, -0.15) is 0 Å². The van der Waals surface area contributed by atoms with Crippen molar-refractivity contribution >= 4 is 29.2 Å². The second-order valence-corrected chi connectivity index (χ2v) is 4.99. The van der Waals surface area contributed by atoms with Crippen LogP contribution in [0.2, 0.25) is 5.02 Å². The minimum Gasteiger partial charge on any atom is -0.480 e. The van der Waals surface area contributed by atoms with Gasteiger partial charge in [-0.1, -0.05) is 23.7 Å². The molecule has 0 unspecified atom stereocenters. The van der Waals surface area contributed by atoms with Gasteiger partial charge in [0.2, 0.25) is 0 Å². The highest BCUT2D eigenvalue weighted by Gasteiger charge is 2.11. The molecule has 2 aromatic carbocycles. The lowest BCUT2D eigenvalue weighted by atomic mass is 10.3. The fourth-order valence-corrected chi connectivity index (χ4v) is 1.90. The van der Waals surface area contributed by atoms with Crippen LogP contribution in [0.3, 0.4) is 0 Å². The molecule has 126 valence electrons. The fourth-order valence-electron chi connectivity index (χ4n) is 1.71. The first-order valence-corrected chi connectivity index (χ1v) is 7.11. The molecule has 0 fully saturated rings. The minimum atomic E-state index is -0.838. The molecular formula is C16H12ClF2NO4. The normalized spacial score (nSPS) is 10.1. The number of ether oxygens (including phenoxy) is 2. The van der Waals surface area contributed by atoms with E-state index in [-0.39, 0.29) is 5.69 Å². The van der Waals surface area contributed by atoms with Crippen molar-refractivity contribution in [1.29, 1.82) is 0 Å². The molecule has 0 bridgehead atoms. The van der Waals surface area contributed by atoms with E-state index >= 15 is 0 Å². The SMILES string of the molecule is O=C(COC(=O)COc1ccccc1Cl)Nc1cc(F)cc(F)c1. The van der Waals surface area contributed by atoms with E-state index in [2.05, 4.69) is 5.32 Å². The van der Waals surface area contributed by atoms with Gasteiger partial charge in [-0.15, -0.1) is 0 Å². The van der Waals surface area contributed by atoms with Crippen LogP contribution in [0.1, 0.15) is 0 Å². The van der Waals surface area contributed by atoms with Gasteiger partial charge in [0.05, 0.1) is 5.02 Å². The van der Waals surface area contributed by atoms with Gasteiger partial charge in [0, 0.05) is 11.8 Å². The Morgan fingerprint density at radius 1 is 1.04 bits per heavy atom. The van der Waals surface area contributed by atoms with E-state index in [1.54, 1.807) is 24.3 Å². The van der Waals surface area contributed by atoms with E-state index in [1.165, 1.54) is 0 Å². The first-order chi connectivity index (χ1) is 11.4. The molecule has 0 aliphatic heterocycles. The topological polar surface area (TPSA) is 64.6 Å². The summed E-state index contributed by atoms with van der Waals surface area (Å²) in [5.41, 5.74) is -0.0825. The standard InChI is InChI=1S/C16H12ClF2NO4/c17-13-3-1-2-4-14(13)23-9-16(22)24-8-15(21)20-12-6-10(18)5-11(19)7-12/h1-7H,8-9H2,(H,20,21). The summed E-state index contributed by atoms with van der Waals surface area (Å²) < 4.78 is 35.8. The number of hydrogen-bond donors (Lipinski definition) is 1. The van der Waals surface area contributed by atoms with E-state index in [1.807, 2.05) is 0 Å². The van der Waals surface area contributed by atoms with Crippen molar-refractivity contribution < 1.29 is 27.8 Å². The van der Waals surface area contributed by atoms with Crippen LogP contribution < -0.4 is 10.1 Å². The third kappa shape index (κ3) is 5.51. The van der Waals surface area contributed by atoms with Crippen molar-refractivity contribution in [1.82, 2.24) is 0 Å². The Labute approximate surface area is 141 Å². The Balaban J connectivity index is 1.77. The summed E-state index contributed by atoms with van der Waals surface area (Å²) >= 11 is 5.85. The van der Waals surface area contributed by atoms with Crippen LogP contribution in [-0.2, 0) is 14.3 Å². The zero-order valence-electron chi connectivity index (χ0n) is 12.2. The van der Waals surface area contributed by atoms with Crippen LogP contribution in [-0.4, -0.2) is 25.1 Å². The van der Waals surface area contributed by atoms with Gasteiger partial charge in [0.25, 0.3) is 5.91 Å². The van der Waals surface area contributed by atoms with Gasteiger partial charge in [-0.3, -0.25) is 4.79 Å². The largest absolute Gasteiger partial charge is 0.480 e. The lowest BCUT2D eigenvalue weighted by Gasteiger charge is -2.09. The second-order valence-electron chi connectivity index (χ2n) is 4.59. The number of halogens is 3. The van der Waals surface area contributed by atoms with E-state index in [9.17, 15) is 18.4 Å². The summed E-state index contributed by atoms with van der Waals surface area (Å²) in [6.07, 6.45) is 0. The molecule has 1 N–H and O–H groups in total. The maximum atomic E-state index is 13.0. The molecule has 0 heterocycles. The van der Waals surface area contributed by atoms with Crippen LogP contribution in [0.5, 0.6) is 5.75 Å². The molecular weight excluding hydrogens is 344 g/mol. The van der Waals surface area contributed by atoms with Gasteiger partial charge in [-0.05, 0) is 24.3 Å². The van der Waals surface area contributed by atoms with Gasteiger partial charge >= 0.3 is 5.97 Å². The molecule has 8 heteroatoms. The average molecular weight is 356 g/mol. The first kappa shape index (κ1) is 17.7. The predicted octanol–water partition coefficient (Wildman–Crippen LogP) is 3.18. The molecule has 2 aromatic rings. The summed E-state index contributed by atoms with van der Waals surface area (Å²) in [5, 5.41) is 2.53. The number of nitrogens with one attached hydrogen (secondary N) is 1. The van der Waals surface area contributed by atoms with Gasteiger partial charge < -0.3 is 14.8 Å². The number of carbonyl (C=O) groups is 2. The first-order valence-electron chi connectivity index (χ1n) is 6.73. The van der Waals surface area contributed by atoms with Crippen LogP contribution in [0, 0.1) is 11.6 Å². The van der Waals surface area contributed by atoms with Gasteiger partial charge in [-0.25, -0.2) is 13.6 Å². The smallest absolute Gasteiger partial charge is 0.344 e. The molecule has 0 saturated heterocycles. The van der Waals surface area contributed by atoms with E-state index in [0.717, 1.165) is 12.1 Å². The second kappa shape index (κ2) is 8.26. The van der Waals surface area contributed by atoms with E-state index in [0.29, 0.717) is 16.8 Å². The van der Waals surface area contributed by atoms with Gasteiger partial charge in [0.15, 0.2) is 13.2 Å². The highest BCUT2D eigenvalue weighted by atomic mass is 35.5. The molecule has 0 atom stereocenters. The monoisotopic (exact) mass is 355 g/mol. The molecule has 2 rings (SSSR count). The van der Waals surface area contributed by atoms with Crippen molar-refractivity contribution in [3.8, 4) is 5.75 Å². The summed E-state index contributed by atoms with van der Waals surface area (Å²) in [6.45, 7) is -1.06. The Kier molecular flexibility index (Phi) is 6.08. The van der Waals surface area contributed by atoms with Crippen LogP contribution in [0.25, 0.3) is 0 Å². The molecule has 0 spiro atoms. The molecule has 24 heavy (non-hydrogen) atoms. The molecule has 1 amide bonds. The van der Waals surface area contributed by atoms with Gasteiger partial charge in [0.1, 0.15) is 17.4 Å². The third-order valence-corrected chi connectivity index (χ3v) is 3.00. The number of carbonyl (C=O) groups excluding carboxylic acids is 2. The van der Waals surface area contributed by atoms with Crippen molar-refractivity contribution in [2.24, 2.45) is 0 Å². The molecule has 0 aliphatic rings. The van der Waals surface area contributed by atoms with Crippen molar-refractivity contribution in [2.45, 2.75) is 0 Å². The Hall–Kier alpha value is -2.67. The molecule has 0 aromatic heterocycles. The van der Waals surface area contributed by atoms with Crippen molar-refractivity contribution in [3.05, 3.63) is 59.1 Å². The highest BCUT2D eigenvalue weighted by Crippen LogP contribution is 2.22. The number of para-hydroxylation sites is 1. The maximum absolute atomic E-state index is 13.0. The summed E-state index contributed by atoms with van der Waals surface area (Å²) in [4.78, 5) is 23.1. The minimum absolute atomic E-state index is 0.0825.